The van der Waals surface area contributed by atoms with E-state index in [9.17, 15) is 19.1 Å². The number of rotatable bonds is 5. The van der Waals surface area contributed by atoms with E-state index in [0.717, 1.165) is 40.1 Å². The van der Waals surface area contributed by atoms with Gasteiger partial charge in [0.1, 0.15) is 11.6 Å². The van der Waals surface area contributed by atoms with Crippen molar-refractivity contribution in [1.29, 1.82) is 0 Å². The van der Waals surface area contributed by atoms with Gasteiger partial charge in [0.2, 0.25) is 0 Å². The van der Waals surface area contributed by atoms with Crippen LogP contribution in [0.1, 0.15) is 47.3 Å². The summed E-state index contributed by atoms with van der Waals surface area (Å²) in [5, 5.41) is 12.7. The van der Waals surface area contributed by atoms with E-state index in [0.29, 0.717) is 36.1 Å². The quantitative estimate of drug-likeness (QED) is 0.460. The number of anilines is 1. The zero-order valence-corrected chi connectivity index (χ0v) is 19.2. The van der Waals surface area contributed by atoms with Gasteiger partial charge in [-0.05, 0) is 79.6 Å². The summed E-state index contributed by atoms with van der Waals surface area (Å²) < 4.78 is 13.9. The lowest BCUT2D eigenvalue weighted by atomic mass is 9.93. The van der Waals surface area contributed by atoms with Crippen molar-refractivity contribution in [2.24, 2.45) is 5.92 Å². The highest BCUT2D eigenvalue weighted by Crippen LogP contribution is 2.41. The number of amides is 1. The minimum atomic E-state index is -0.379. The molecule has 1 unspecified atom stereocenters. The van der Waals surface area contributed by atoms with Gasteiger partial charge in [-0.3, -0.25) is 9.59 Å². The number of aliphatic hydroxyl groups is 1. The van der Waals surface area contributed by atoms with Crippen molar-refractivity contribution < 1.29 is 19.1 Å². The summed E-state index contributed by atoms with van der Waals surface area (Å²) >= 11 is 0. The number of fused-ring (bicyclic) bond motifs is 1. The number of halogens is 1. The van der Waals surface area contributed by atoms with Gasteiger partial charge in [0, 0.05) is 35.0 Å². The molecule has 174 valence electrons. The molecule has 0 radical (unpaired) electrons. The standard InChI is InChI=1S/C28H27FN2O3/c1-15-22(14-26(33)18-9-10-20(32)12-18)16(2)30-25(15)13-23-27-21(17-5-3-6-19(29)11-17)7-4-8-24(27)31-28(23)34/h3-8,11,13,18,20,30,32H,9-10,12,14H2,1-2H3,(H,31,34)/b23-13-/t18?,20-/m0/s1. The number of aryl methyl sites for hydroxylation is 1. The van der Waals surface area contributed by atoms with Crippen LogP contribution < -0.4 is 5.32 Å². The van der Waals surface area contributed by atoms with Crippen molar-refractivity contribution >= 4 is 29.0 Å². The first-order chi connectivity index (χ1) is 16.3. The van der Waals surface area contributed by atoms with Gasteiger partial charge in [-0.25, -0.2) is 4.39 Å². The van der Waals surface area contributed by atoms with Gasteiger partial charge in [0.15, 0.2) is 0 Å². The SMILES string of the molecule is Cc1[nH]c(/C=C2\C(=O)Nc3cccc(-c4cccc(F)c4)c32)c(C)c1CC(=O)C1CC[C@H](O)C1. The molecular formula is C28H27FN2O3. The van der Waals surface area contributed by atoms with Crippen molar-refractivity contribution in [2.75, 3.05) is 5.32 Å². The number of aliphatic hydroxyl groups excluding tert-OH is 1. The number of nitrogens with one attached hydrogen (secondary N) is 2. The number of aromatic amines is 1. The van der Waals surface area contributed by atoms with Gasteiger partial charge < -0.3 is 15.4 Å². The average Bonchev–Trinajstić information content (AvgIpc) is 3.46. The van der Waals surface area contributed by atoms with Gasteiger partial charge >= 0.3 is 0 Å². The molecule has 1 saturated carbocycles. The Hall–Kier alpha value is -3.51. The van der Waals surface area contributed by atoms with Crippen LogP contribution in [0.15, 0.2) is 42.5 Å². The largest absolute Gasteiger partial charge is 0.393 e. The summed E-state index contributed by atoms with van der Waals surface area (Å²) in [6, 6.07) is 11.9. The van der Waals surface area contributed by atoms with Crippen LogP contribution in [0.3, 0.4) is 0 Å². The number of carbonyl (C=O) groups is 2. The third-order valence-electron chi connectivity index (χ3n) is 7.09. The Labute approximate surface area is 197 Å². The molecule has 1 aliphatic carbocycles. The highest BCUT2D eigenvalue weighted by atomic mass is 19.1. The number of ketones is 1. The van der Waals surface area contributed by atoms with Crippen molar-refractivity contribution in [2.45, 2.75) is 45.6 Å². The van der Waals surface area contributed by atoms with Crippen LogP contribution in [0.4, 0.5) is 10.1 Å². The third kappa shape index (κ3) is 3.99. The molecule has 1 aliphatic heterocycles. The topological polar surface area (TPSA) is 82.2 Å². The van der Waals surface area contributed by atoms with Crippen LogP contribution in [0, 0.1) is 25.6 Å². The van der Waals surface area contributed by atoms with Crippen LogP contribution in [-0.2, 0) is 16.0 Å². The number of benzene rings is 2. The zero-order valence-electron chi connectivity index (χ0n) is 19.2. The molecule has 6 heteroatoms. The van der Waals surface area contributed by atoms with Crippen LogP contribution in [0.25, 0.3) is 22.8 Å². The van der Waals surface area contributed by atoms with Crippen molar-refractivity contribution in [3.05, 3.63) is 76.4 Å². The summed E-state index contributed by atoms with van der Waals surface area (Å²) in [4.78, 5) is 29.1. The predicted molar refractivity (Wildman–Crippen MR) is 131 cm³/mol. The second kappa shape index (κ2) is 8.69. The first-order valence-electron chi connectivity index (χ1n) is 11.6. The molecule has 0 spiro atoms. The van der Waals surface area contributed by atoms with Gasteiger partial charge in [-0.2, -0.15) is 0 Å². The van der Waals surface area contributed by atoms with Gasteiger partial charge in [0.25, 0.3) is 5.91 Å². The molecular weight excluding hydrogens is 431 g/mol. The molecule has 3 aromatic rings. The van der Waals surface area contributed by atoms with Crippen LogP contribution >= 0.6 is 0 Å². The Bertz CT molecular complexity index is 1340. The van der Waals surface area contributed by atoms with Gasteiger partial charge in [-0.15, -0.1) is 0 Å². The maximum atomic E-state index is 13.9. The number of H-pyrrole nitrogens is 1. The molecule has 34 heavy (non-hydrogen) atoms. The Kier molecular flexibility index (Phi) is 5.70. The molecule has 5 rings (SSSR count). The summed E-state index contributed by atoms with van der Waals surface area (Å²) in [5.74, 6) is -0.494. The van der Waals surface area contributed by atoms with Gasteiger partial charge in [0.05, 0.1) is 11.7 Å². The minimum absolute atomic E-state index is 0.0909. The fraction of sp³-hybridized carbons (Fsp3) is 0.286. The summed E-state index contributed by atoms with van der Waals surface area (Å²) in [5.41, 5.74) is 6.94. The first-order valence-corrected chi connectivity index (χ1v) is 11.6. The van der Waals surface area contributed by atoms with E-state index in [1.54, 1.807) is 6.07 Å². The second-order valence-electron chi connectivity index (χ2n) is 9.32. The number of Topliss-reactive ketones (excluding diaryl/α,β-unsaturated/α-hetero) is 1. The highest BCUT2D eigenvalue weighted by molar-refractivity contribution is 6.36. The Morgan fingerprint density at radius 2 is 1.97 bits per heavy atom. The fourth-order valence-corrected chi connectivity index (χ4v) is 5.22. The first kappa shape index (κ1) is 22.3. The molecule has 2 heterocycles. The second-order valence-corrected chi connectivity index (χ2v) is 9.32. The summed E-state index contributed by atoms with van der Waals surface area (Å²) in [6.45, 7) is 3.89. The van der Waals surface area contributed by atoms with Crippen LogP contribution in [0.2, 0.25) is 0 Å². The molecule has 2 aromatic carbocycles. The number of aromatic nitrogens is 1. The van der Waals surface area contributed by atoms with Crippen molar-refractivity contribution in [1.82, 2.24) is 4.98 Å². The molecule has 3 N–H and O–H groups in total. The Morgan fingerprint density at radius 3 is 2.71 bits per heavy atom. The normalized spacial score (nSPS) is 20.6. The average molecular weight is 459 g/mol. The van der Waals surface area contributed by atoms with E-state index in [1.807, 2.05) is 44.2 Å². The monoisotopic (exact) mass is 458 g/mol. The van der Waals surface area contributed by atoms with E-state index in [1.165, 1.54) is 12.1 Å². The zero-order chi connectivity index (χ0) is 24.0. The number of hydrogen-bond acceptors (Lipinski definition) is 3. The molecule has 2 aliphatic rings. The van der Waals surface area contributed by atoms with Crippen molar-refractivity contribution in [3.8, 4) is 11.1 Å². The fourth-order valence-electron chi connectivity index (χ4n) is 5.22. The lowest BCUT2D eigenvalue weighted by Gasteiger charge is -2.09. The Balaban J connectivity index is 1.52. The van der Waals surface area contributed by atoms with E-state index in [-0.39, 0.29) is 29.5 Å². The lowest BCUT2D eigenvalue weighted by Crippen LogP contribution is -2.15. The molecule has 1 aromatic heterocycles. The molecule has 1 fully saturated rings. The number of carbonyl (C=O) groups excluding carboxylic acids is 2. The van der Waals surface area contributed by atoms with Crippen molar-refractivity contribution in [3.63, 3.8) is 0 Å². The minimum Gasteiger partial charge on any atom is -0.393 e. The van der Waals surface area contributed by atoms with Crippen LogP contribution in [-0.4, -0.2) is 27.9 Å². The lowest BCUT2D eigenvalue weighted by molar-refractivity contribution is -0.122. The molecule has 0 saturated heterocycles. The maximum Gasteiger partial charge on any atom is 0.256 e. The number of hydrogen-bond donors (Lipinski definition) is 3. The summed E-state index contributed by atoms with van der Waals surface area (Å²) in [7, 11) is 0. The van der Waals surface area contributed by atoms with Crippen LogP contribution in [0.5, 0.6) is 0 Å². The van der Waals surface area contributed by atoms with Gasteiger partial charge in [-0.1, -0.05) is 24.3 Å². The molecule has 2 atom stereocenters. The molecule has 0 bridgehead atoms. The highest BCUT2D eigenvalue weighted by Gasteiger charge is 2.30. The summed E-state index contributed by atoms with van der Waals surface area (Å²) in [6.07, 6.45) is 3.71. The van der Waals surface area contributed by atoms with E-state index < -0.39 is 0 Å². The van der Waals surface area contributed by atoms with E-state index >= 15 is 0 Å². The van der Waals surface area contributed by atoms with E-state index in [2.05, 4.69) is 10.3 Å². The molecule has 5 nitrogen and oxygen atoms in total. The predicted octanol–water partition coefficient (Wildman–Crippen LogP) is 5.20. The smallest absolute Gasteiger partial charge is 0.256 e. The molecule has 1 amide bonds. The van der Waals surface area contributed by atoms with E-state index in [4.69, 9.17) is 0 Å². The Morgan fingerprint density at radius 1 is 1.18 bits per heavy atom. The third-order valence-corrected chi connectivity index (χ3v) is 7.09. The maximum absolute atomic E-state index is 13.9.